The van der Waals surface area contributed by atoms with Crippen LogP contribution in [-0.4, -0.2) is 4.83 Å². The fourth-order valence-corrected chi connectivity index (χ4v) is 1.54. The standard InChI is InChI=1S/C12H15BrF2/c1-12(2,3)11(13)6-8-4-5-9(14)7-10(8)15/h4-5,7,11H,6H2,1-3H3. The van der Waals surface area contributed by atoms with E-state index in [9.17, 15) is 8.78 Å². The van der Waals surface area contributed by atoms with Crippen LogP contribution in [0.2, 0.25) is 0 Å². The number of halogens is 3. The normalized spacial score (nSPS) is 14.0. The zero-order chi connectivity index (χ0) is 11.6. The van der Waals surface area contributed by atoms with Crippen LogP contribution in [-0.2, 0) is 6.42 Å². The van der Waals surface area contributed by atoms with Gasteiger partial charge in [-0.25, -0.2) is 8.78 Å². The van der Waals surface area contributed by atoms with Gasteiger partial charge in [0.15, 0.2) is 0 Å². The average molecular weight is 277 g/mol. The second-order valence-electron chi connectivity index (χ2n) is 4.77. The van der Waals surface area contributed by atoms with Crippen molar-refractivity contribution >= 4 is 15.9 Å². The van der Waals surface area contributed by atoms with E-state index in [0.717, 1.165) is 6.07 Å². The Morgan fingerprint density at radius 1 is 1.27 bits per heavy atom. The largest absolute Gasteiger partial charge is 0.207 e. The summed E-state index contributed by atoms with van der Waals surface area (Å²) in [6, 6.07) is 3.73. The molecule has 0 fully saturated rings. The summed E-state index contributed by atoms with van der Waals surface area (Å²) in [6.07, 6.45) is 0.565. The first kappa shape index (κ1) is 12.6. The van der Waals surface area contributed by atoms with Crippen molar-refractivity contribution in [1.82, 2.24) is 0 Å². The third kappa shape index (κ3) is 3.56. The molecule has 15 heavy (non-hydrogen) atoms. The molecule has 1 rings (SSSR count). The number of hydrogen-bond donors (Lipinski definition) is 0. The Morgan fingerprint density at radius 2 is 1.87 bits per heavy atom. The molecule has 0 N–H and O–H groups in total. The summed E-state index contributed by atoms with van der Waals surface area (Å²) in [5.74, 6) is -0.998. The highest BCUT2D eigenvalue weighted by molar-refractivity contribution is 9.09. The van der Waals surface area contributed by atoms with Crippen LogP contribution in [0.3, 0.4) is 0 Å². The SMILES string of the molecule is CC(C)(C)C(Br)Cc1ccc(F)cc1F. The minimum absolute atomic E-state index is 0.0564. The van der Waals surface area contributed by atoms with E-state index in [1.807, 2.05) is 0 Å². The topological polar surface area (TPSA) is 0 Å². The molecule has 0 saturated carbocycles. The molecule has 0 saturated heterocycles. The molecule has 1 atom stereocenters. The van der Waals surface area contributed by atoms with Crippen molar-refractivity contribution < 1.29 is 8.78 Å². The van der Waals surface area contributed by atoms with Crippen LogP contribution in [0.25, 0.3) is 0 Å². The minimum atomic E-state index is -0.530. The molecule has 0 nitrogen and oxygen atoms in total. The van der Waals surface area contributed by atoms with Crippen LogP contribution in [0.1, 0.15) is 26.3 Å². The van der Waals surface area contributed by atoms with Gasteiger partial charge in [0.1, 0.15) is 11.6 Å². The predicted molar refractivity (Wildman–Crippen MR) is 62.2 cm³/mol. The molecule has 1 aromatic carbocycles. The molecule has 0 heterocycles. The van der Waals surface area contributed by atoms with E-state index in [-0.39, 0.29) is 10.2 Å². The van der Waals surface area contributed by atoms with E-state index in [0.29, 0.717) is 12.0 Å². The molecule has 0 aromatic heterocycles. The second-order valence-corrected chi connectivity index (χ2v) is 5.88. The molecule has 3 heteroatoms. The Labute approximate surface area is 97.8 Å². The van der Waals surface area contributed by atoms with Crippen molar-refractivity contribution in [2.24, 2.45) is 5.41 Å². The van der Waals surface area contributed by atoms with Crippen LogP contribution in [0, 0.1) is 17.0 Å². The Balaban J connectivity index is 2.82. The lowest BCUT2D eigenvalue weighted by atomic mass is 9.88. The van der Waals surface area contributed by atoms with E-state index in [4.69, 9.17) is 0 Å². The molecule has 0 bridgehead atoms. The Bertz CT molecular complexity index is 342. The third-order valence-corrected chi connectivity index (χ3v) is 4.05. The summed E-state index contributed by atoms with van der Waals surface area (Å²) in [5.41, 5.74) is 0.606. The van der Waals surface area contributed by atoms with Crippen LogP contribution < -0.4 is 0 Å². The van der Waals surface area contributed by atoms with E-state index in [1.54, 1.807) is 0 Å². The van der Waals surface area contributed by atoms with Crippen molar-refractivity contribution in [2.45, 2.75) is 32.0 Å². The van der Waals surface area contributed by atoms with Crippen LogP contribution in [0.5, 0.6) is 0 Å². The number of rotatable bonds is 2. The van der Waals surface area contributed by atoms with Crippen molar-refractivity contribution in [3.8, 4) is 0 Å². The maximum atomic E-state index is 13.3. The van der Waals surface area contributed by atoms with Crippen molar-refractivity contribution in [3.63, 3.8) is 0 Å². The molecule has 84 valence electrons. The van der Waals surface area contributed by atoms with Crippen molar-refractivity contribution in [2.75, 3.05) is 0 Å². The molecule has 0 aliphatic carbocycles. The van der Waals surface area contributed by atoms with E-state index < -0.39 is 11.6 Å². The summed E-state index contributed by atoms with van der Waals surface area (Å²) in [7, 11) is 0. The van der Waals surface area contributed by atoms with Gasteiger partial charge in [0.25, 0.3) is 0 Å². The quantitative estimate of drug-likeness (QED) is 0.706. The number of alkyl halides is 1. The average Bonchev–Trinajstić information content (AvgIpc) is 2.08. The molecule has 0 amide bonds. The summed E-state index contributed by atoms with van der Waals surface area (Å²) >= 11 is 3.53. The van der Waals surface area contributed by atoms with Gasteiger partial charge in [-0.05, 0) is 23.5 Å². The summed E-state index contributed by atoms with van der Waals surface area (Å²) < 4.78 is 26.0. The highest BCUT2D eigenvalue weighted by atomic mass is 79.9. The monoisotopic (exact) mass is 276 g/mol. The zero-order valence-electron chi connectivity index (χ0n) is 9.15. The van der Waals surface area contributed by atoms with Crippen molar-refractivity contribution in [3.05, 3.63) is 35.4 Å². The van der Waals surface area contributed by atoms with Gasteiger partial charge < -0.3 is 0 Å². The second kappa shape index (κ2) is 4.60. The molecular formula is C12H15BrF2. The highest BCUT2D eigenvalue weighted by Gasteiger charge is 2.23. The molecule has 0 spiro atoms. The summed E-state index contributed by atoms with van der Waals surface area (Å²) in [4.78, 5) is 0.171. The molecule has 0 radical (unpaired) electrons. The van der Waals surface area contributed by atoms with Gasteiger partial charge in [-0.1, -0.05) is 42.8 Å². The minimum Gasteiger partial charge on any atom is -0.207 e. The molecule has 0 aliphatic rings. The Kier molecular flexibility index (Phi) is 3.87. The number of hydrogen-bond acceptors (Lipinski definition) is 0. The van der Waals surface area contributed by atoms with Gasteiger partial charge >= 0.3 is 0 Å². The predicted octanol–water partition coefficient (Wildman–Crippen LogP) is 4.32. The molecule has 1 unspecified atom stereocenters. The number of benzene rings is 1. The Morgan fingerprint density at radius 3 is 2.33 bits per heavy atom. The lowest BCUT2D eigenvalue weighted by Crippen LogP contribution is -2.22. The molecule has 1 aromatic rings. The van der Waals surface area contributed by atoms with E-state index in [2.05, 4.69) is 36.7 Å². The van der Waals surface area contributed by atoms with E-state index in [1.165, 1.54) is 12.1 Å². The Hall–Kier alpha value is -0.440. The fourth-order valence-electron chi connectivity index (χ4n) is 1.19. The van der Waals surface area contributed by atoms with Gasteiger partial charge in [-0.3, -0.25) is 0 Å². The zero-order valence-corrected chi connectivity index (χ0v) is 10.7. The summed E-state index contributed by atoms with van der Waals surface area (Å²) in [6.45, 7) is 6.23. The maximum Gasteiger partial charge on any atom is 0.129 e. The first-order valence-corrected chi connectivity index (χ1v) is 5.80. The lowest BCUT2D eigenvalue weighted by Gasteiger charge is -2.25. The van der Waals surface area contributed by atoms with Crippen molar-refractivity contribution in [1.29, 1.82) is 0 Å². The third-order valence-electron chi connectivity index (χ3n) is 2.35. The lowest BCUT2D eigenvalue weighted by molar-refractivity contribution is 0.394. The van der Waals surface area contributed by atoms with Crippen LogP contribution in [0.4, 0.5) is 8.78 Å². The van der Waals surface area contributed by atoms with Gasteiger partial charge in [0, 0.05) is 10.9 Å². The maximum absolute atomic E-state index is 13.3. The first-order chi connectivity index (χ1) is 6.80. The molecular weight excluding hydrogens is 262 g/mol. The van der Waals surface area contributed by atoms with E-state index >= 15 is 0 Å². The first-order valence-electron chi connectivity index (χ1n) is 4.88. The van der Waals surface area contributed by atoms with Gasteiger partial charge in [-0.15, -0.1) is 0 Å². The molecule has 0 aliphatic heterocycles. The highest BCUT2D eigenvalue weighted by Crippen LogP contribution is 2.29. The van der Waals surface area contributed by atoms with Crippen LogP contribution >= 0.6 is 15.9 Å². The van der Waals surface area contributed by atoms with Gasteiger partial charge in [-0.2, -0.15) is 0 Å². The summed E-state index contributed by atoms with van der Waals surface area (Å²) in [5, 5.41) is 0. The smallest absolute Gasteiger partial charge is 0.129 e. The van der Waals surface area contributed by atoms with Crippen LogP contribution in [0.15, 0.2) is 18.2 Å². The fraction of sp³-hybridized carbons (Fsp3) is 0.500. The van der Waals surface area contributed by atoms with Gasteiger partial charge in [0.05, 0.1) is 0 Å². The van der Waals surface area contributed by atoms with Gasteiger partial charge in [0.2, 0.25) is 0 Å².